The summed E-state index contributed by atoms with van der Waals surface area (Å²) in [5.74, 6) is 0.849. The van der Waals surface area contributed by atoms with Crippen LogP contribution in [-0.4, -0.2) is 31.9 Å². The smallest absolute Gasteiger partial charge is 0.256 e. The van der Waals surface area contributed by atoms with E-state index in [1.165, 1.54) is 13.0 Å². The van der Waals surface area contributed by atoms with Gasteiger partial charge in [0, 0.05) is 33.6 Å². The standard InChI is InChI=1S/C29H28FN5O3/c1-16-23-13-12-22-25(21-6-4-5-7-24(21)30)33-35(27(22)29(23,3)14-19-15-31-38-26(16)19)20-10-8-18(9-11-20)28(36)32-17(2)34-37/h4-11,15-16,23,37H,12-14H2,1-3H3,(H,32,34,36)/t16-,23-,29-/m1/s1. The summed E-state index contributed by atoms with van der Waals surface area (Å²) in [6, 6.07) is 13.8. The fraction of sp³-hybridized carbons (Fsp3) is 0.310. The molecular weight excluding hydrogens is 485 g/mol. The van der Waals surface area contributed by atoms with E-state index in [9.17, 15) is 4.79 Å². The molecule has 2 aromatic carbocycles. The van der Waals surface area contributed by atoms with Crippen molar-refractivity contribution in [2.45, 2.75) is 51.4 Å². The molecule has 0 saturated carbocycles. The van der Waals surface area contributed by atoms with Crippen LogP contribution in [0.3, 0.4) is 0 Å². The fourth-order valence-electron chi connectivity index (χ4n) is 6.51. The Morgan fingerprint density at radius 2 is 2.00 bits per heavy atom. The Kier molecular flexibility index (Phi) is 5.66. The average molecular weight is 514 g/mol. The Labute approximate surface area is 219 Å². The molecule has 2 heterocycles. The zero-order valence-corrected chi connectivity index (χ0v) is 21.4. The molecule has 9 heteroatoms. The normalized spacial score (nSPS) is 22.4. The van der Waals surface area contributed by atoms with Crippen LogP contribution in [0.2, 0.25) is 0 Å². The average Bonchev–Trinajstić information content (AvgIpc) is 3.54. The van der Waals surface area contributed by atoms with Crippen molar-refractivity contribution >= 4 is 11.7 Å². The monoisotopic (exact) mass is 513 g/mol. The number of hydrogen-bond acceptors (Lipinski definition) is 6. The number of benzene rings is 2. The van der Waals surface area contributed by atoms with Crippen molar-refractivity contribution in [3.05, 3.63) is 88.7 Å². The lowest BCUT2D eigenvalue weighted by Crippen LogP contribution is -2.45. The van der Waals surface area contributed by atoms with Gasteiger partial charge in [0.1, 0.15) is 17.4 Å². The fourth-order valence-corrected chi connectivity index (χ4v) is 6.51. The number of aromatic nitrogens is 3. The number of amides is 1. The number of nitrogens with zero attached hydrogens (tertiary/aromatic N) is 4. The number of fused-ring (bicyclic) bond motifs is 4. The minimum Gasteiger partial charge on any atom is -0.409 e. The highest BCUT2D eigenvalue weighted by molar-refractivity contribution is 6.05. The van der Waals surface area contributed by atoms with E-state index >= 15 is 4.39 Å². The molecule has 0 radical (unpaired) electrons. The van der Waals surface area contributed by atoms with Gasteiger partial charge in [-0.2, -0.15) is 5.10 Å². The zero-order chi connectivity index (χ0) is 26.6. The second-order valence-corrected chi connectivity index (χ2v) is 10.5. The van der Waals surface area contributed by atoms with Gasteiger partial charge in [0.15, 0.2) is 0 Å². The molecule has 2 aliphatic rings. The molecule has 194 valence electrons. The van der Waals surface area contributed by atoms with Crippen LogP contribution in [0.5, 0.6) is 0 Å². The molecule has 0 aliphatic heterocycles. The third kappa shape index (κ3) is 3.64. The van der Waals surface area contributed by atoms with Crippen molar-refractivity contribution in [2.24, 2.45) is 11.1 Å². The minimum absolute atomic E-state index is 0.105. The third-order valence-corrected chi connectivity index (χ3v) is 8.25. The second-order valence-electron chi connectivity index (χ2n) is 10.5. The van der Waals surface area contributed by atoms with E-state index in [1.807, 2.05) is 29.1 Å². The summed E-state index contributed by atoms with van der Waals surface area (Å²) in [5, 5.41) is 23.5. The van der Waals surface area contributed by atoms with Crippen molar-refractivity contribution in [3.8, 4) is 16.9 Å². The van der Waals surface area contributed by atoms with Crippen LogP contribution >= 0.6 is 0 Å². The first kappa shape index (κ1) is 24.1. The maximum Gasteiger partial charge on any atom is 0.256 e. The van der Waals surface area contributed by atoms with E-state index in [4.69, 9.17) is 14.8 Å². The van der Waals surface area contributed by atoms with Crippen LogP contribution in [0.25, 0.3) is 16.9 Å². The van der Waals surface area contributed by atoms with Gasteiger partial charge in [0.25, 0.3) is 5.91 Å². The summed E-state index contributed by atoms with van der Waals surface area (Å²) in [7, 11) is 0. The predicted molar refractivity (Wildman–Crippen MR) is 139 cm³/mol. The summed E-state index contributed by atoms with van der Waals surface area (Å²) in [6.07, 6.45) is 4.26. The molecule has 0 fully saturated rings. The van der Waals surface area contributed by atoms with Crippen LogP contribution in [-0.2, 0) is 18.3 Å². The van der Waals surface area contributed by atoms with Gasteiger partial charge in [-0.05, 0) is 68.5 Å². The number of carbonyl (C=O) groups excluding carboxylic acids is 1. The van der Waals surface area contributed by atoms with Crippen LogP contribution in [0, 0.1) is 11.7 Å². The molecule has 2 N–H and O–H groups in total. The number of amidine groups is 1. The van der Waals surface area contributed by atoms with Crippen molar-refractivity contribution in [3.63, 3.8) is 0 Å². The molecule has 38 heavy (non-hydrogen) atoms. The lowest BCUT2D eigenvalue weighted by atomic mass is 9.56. The Morgan fingerprint density at radius 1 is 1.24 bits per heavy atom. The first-order valence-corrected chi connectivity index (χ1v) is 12.7. The predicted octanol–water partition coefficient (Wildman–Crippen LogP) is 5.38. The van der Waals surface area contributed by atoms with Crippen LogP contribution < -0.4 is 5.32 Å². The summed E-state index contributed by atoms with van der Waals surface area (Å²) < 4.78 is 22.6. The first-order chi connectivity index (χ1) is 18.3. The largest absolute Gasteiger partial charge is 0.409 e. The lowest BCUT2D eigenvalue weighted by molar-refractivity contribution is 0.0975. The maximum absolute atomic E-state index is 15.0. The van der Waals surface area contributed by atoms with Crippen LogP contribution in [0.15, 0.2) is 64.4 Å². The van der Waals surface area contributed by atoms with Crippen LogP contribution in [0.1, 0.15) is 66.0 Å². The molecule has 6 rings (SSSR count). The molecule has 0 unspecified atom stereocenters. The number of carbonyl (C=O) groups is 1. The summed E-state index contributed by atoms with van der Waals surface area (Å²) in [4.78, 5) is 12.5. The van der Waals surface area contributed by atoms with E-state index in [-0.39, 0.29) is 28.9 Å². The van der Waals surface area contributed by atoms with E-state index < -0.39 is 0 Å². The lowest BCUT2D eigenvalue weighted by Gasteiger charge is -2.47. The molecule has 3 atom stereocenters. The highest BCUT2D eigenvalue weighted by Gasteiger charge is 2.51. The van der Waals surface area contributed by atoms with Gasteiger partial charge in [-0.15, -0.1) is 0 Å². The first-order valence-electron chi connectivity index (χ1n) is 12.7. The van der Waals surface area contributed by atoms with Gasteiger partial charge >= 0.3 is 0 Å². The van der Waals surface area contributed by atoms with Gasteiger partial charge in [0.2, 0.25) is 0 Å². The van der Waals surface area contributed by atoms with E-state index in [0.717, 1.165) is 47.5 Å². The van der Waals surface area contributed by atoms with E-state index in [1.54, 1.807) is 24.3 Å². The van der Waals surface area contributed by atoms with Crippen molar-refractivity contribution in [1.29, 1.82) is 0 Å². The highest BCUT2D eigenvalue weighted by Crippen LogP contribution is 2.55. The second kappa shape index (κ2) is 8.93. The number of oxime groups is 1. The molecule has 0 bridgehead atoms. The van der Waals surface area contributed by atoms with Crippen molar-refractivity contribution in [1.82, 2.24) is 20.3 Å². The molecule has 8 nitrogen and oxygen atoms in total. The van der Waals surface area contributed by atoms with Gasteiger partial charge in [-0.1, -0.05) is 36.3 Å². The molecule has 0 spiro atoms. The summed E-state index contributed by atoms with van der Waals surface area (Å²) in [5.41, 5.74) is 5.25. The topological polar surface area (TPSA) is 106 Å². The van der Waals surface area contributed by atoms with E-state index in [2.05, 4.69) is 29.5 Å². The van der Waals surface area contributed by atoms with Crippen molar-refractivity contribution < 1.29 is 18.9 Å². The summed E-state index contributed by atoms with van der Waals surface area (Å²) in [6.45, 7) is 5.96. The number of halogens is 1. The number of hydrogen-bond donors (Lipinski definition) is 2. The Morgan fingerprint density at radius 3 is 2.74 bits per heavy atom. The Balaban J connectivity index is 1.51. The maximum atomic E-state index is 15.0. The SMILES string of the molecule is CC(=NO)NC(=O)c1ccc(-n2nc(-c3ccccc3F)c3c2[C@]2(C)Cc4cnoc4[C@H](C)[C@H]2CC3)cc1. The van der Waals surface area contributed by atoms with Crippen molar-refractivity contribution in [2.75, 3.05) is 0 Å². The molecule has 0 saturated heterocycles. The number of nitrogens with one attached hydrogen (secondary N) is 1. The molecular formula is C29H28FN5O3. The van der Waals surface area contributed by atoms with Gasteiger partial charge in [-0.3, -0.25) is 4.79 Å². The van der Waals surface area contributed by atoms with Gasteiger partial charge < -0.3 is 15.0 Å². The molecule has 2 aliphatic carbocycles. The number of rotatable bonds is 3. The van der Waals surface area contributed by atoms with E-state index in [0.29, 0.717) is 22.7 Å². The Hall–Kier alpha value is -4.27. The quantitative estimate of drug-likeness (QED) is 0.166. The molecule has 4 aromatic rings. The van der Waals surface area contributed by atoms with Gasteiger partial charge in [0.05, 0.1) is 23.3 Å². The van der Waals surface area contributed by atoms with Crippen LogP contribution in [0.4, 0.5) is 4.39 Å². The summed E-state index contributed by atoms with van der Waals surface area (Å²) >= 11 is 0. The zero-order valence-electron chi connectivity index (χ0n) is 21.4. The molecule has 2 aromatic heterocycles. The highest BCUT2D eigenvalue weighted by atomic mass is 19.1. The minimum atomic E-state index is -0.380. The van der Waals surface area contributed by atoms with Gasteiger partial charge in [-0.25, -0.2) is 9.07 Å². The Bertz CT molecular complexity index is 1570. The molecule has 1 amide bonds. The third-order valence-electron chi connectivity index (χ3n) is 8.25.